The lowest BCUT2D eigenvalue weighted by Crippen LogP contribution is -2.37. The van der Waals surface area contributed by atoms with Crippen LogP contribution in [-0.2, 0) is 0 Å². The molecule has 88 valence electrons. The summed E-state index contributed by atoms with van der Waals surface area (Å²) in [6.45, 7) is 3.02. The minimum Gasteiger partial charge on any atom is -0.354 e. The van der Waals surface area contributed by atoms with Gasteiger partial charge in [0.05, 0.1) is 0 Å². The van der Waals surface area contributed by atoms with Crippen molar-refractivity contribution in [3.8, 4) is 0 Å². The summed E-state index contributed by atoms with van der Waals surface area (Å²) in [7, 11) is 0. The number of halogens is 1. The first-order chi connectivity index (χ1) is 7.81. The molecule has 0 saturated heterocycles. The highest BCUT2D eigenvalue weighted by Crippen LogP contribution is 2.25. The van der Waals surface area contributed by atoms with E-state index >= 15 is 0 Å². The van der Waals surface area contributed by atoms with Gasteiger partial charge in [0.25, 0.3) is 0 Å². The molecule has 1 aromatic heterocycles. The van der Waals surface area contributed by atoms with Gasteiger partial charge in [0, 0.05) is 12.6 Å². The summed E-state index contributed by atoms with van der Waals surface area (Å²) < 4.78 is 13.1. The first-order valence-corrected chi connectivity index (χ1v) is 6.20. The van der Waals surface area contributed by atoms with Gasteiger partial charge in [-0.3, -0.25) is 0 Å². The van der Waals surface area contributed by atoms with Gasteiger partial charge >= 0.3 is 0 Å². The van der Waals surface area contributed by atoms with Crippen molar-refractivity contribution in [2.24, 2.45) is 0 Å². The molecule has 0 aliphatic heterocycles. The van der Waals surface area contributed by atoms with Gasteiger partial charge in [-0.25, -0.2) is 4.98 Å². The molecule has 0 amide bonds. The fourth-order valence-corrected chi connectivity index (χ4v) is 2.56. The molecule has 0 N–H and O–H groups in total. The molecule has 1 heterocycles. The van der Waals surface area contributed by atoms with Crippen LogP contribution in [0.2, 0.25) is 0 Å². The maximum atomic E-state index is 13.1. The van der Waals surface area contributed by atoms with E-state index in [2.05, 4.69) is 16.8 Å². The predicted molar refractivity (Wildman–Crippen MR) is 64.1 cm³/mol. The van der Waals surface area contributed by atoms with E-state index in [1.807, 2.05) is 6.07 Å². The van der Waals surface area contributed by atoms with Crippen LogP contribution >= 0.6 is 0 Å². The molecule has 16 heavy (non-hydrogen) atoms. The third kappa shape index (κ3) is 2.52. The van der Waals surface area contributed by atoms with Gasteiger partial charge in [-0.2, -0.15) is 4.39 Å². The molecule has 0 bridgehead atoms. The quantitative estimate of drug-likeness (QED) is 0.729. The molecule has 0 unspecified atom stereocenters. The average molecular weight is 222 g/mol. The summed E-state index contributed by atoms with van der Waals surface area (Å²) in [4.78, 5) is 6.22. The van der Waals surface area contributed by atoms with E-state index in [1.54, 1.807) is 6.07 Å². The van der Waals surface area contributed by atoms with E-state index in [0.29, 0.717) is 6.04 Å². The second kappa shape index (κ2) is 5.28. The van der Waals surface area contributed by atoms with E-state index in [4.69, 9.17) is 0 Å². The van der Waals surface area contributed by atoms with Crippen LogP contribution in [0.5, 0.6) is 0 Å². The van der Waals surface area contributed by atoms with Gasteiger partial charge in [0.15, 0.2) is 0 Å². The van der Waals surface area contributed by atoms with Crippen molar-refractivity contribution >= 4 is 5.82 Å². The number of hydrogen-bond donors (Lipinski definition) is 0. The minimum atomic E-state index is -0.383. The van der Waals surface area contributed by atoms with Gasteiger partial charge in [-0.05, 0) is 31.9 Å². The zero-order valence-electron chi connectivity index (χ0n) is 9.82. The normalized spacial score (nSPS) is 17.4. The highest BCUT2D eigenvalue weighted by Gasteiger charge is 2.21. The third-order valence-electron chi connectivity index (χ3n) is 3.35. The zero-order chi connectivity index (χ0) is 11.4. The standard InChI is InChI=1S/C13H19FN2/c1-2-16(11-7-4-3-5-8-11)13-10-6-9-12(14)15-13/h6,9-11H,2-5,7-8H2,1H3. The van der Waals surface area contributed by atoms with E-state index in [1.165, 1.54) is 38.2 Å². The third-order valence-corrected chi connectivity index (χ3v) is 3.35. The van der Waals surface area contributed by atoms with Crippen LogP contribution in [0.25, 0.3) is 0 Å². The fraction of sp³-hybridized carbons (Fsp3) is 0.615. The molecule has 1 fully saturated rings. The molecule has 0 radical (unpaired) electrons. The van der Waals surface area contributed by atoms with Crippen LogP contribution in [0.15, 0.2) is 18.2 Å². The van der Waals surface area contributed by atoms with Crippen molar-refractivity contribution < 1.29 is 4.39 Å². The number of aromatic nitrogens is 1. The van der Waals surface area contributed by atoms with E-state index in [-0.39, 0.29) is 5.95 Å². The van der Waals surface area contributed by atoms with Gasteiger partial charge < -0.3 is 4.90 Å². The average Bonchev–Trinajstić information content (AvgIpc) is 2.31. The topological polar surface area (TPSA) is 16.1 Å². The Hall–Kier alpha value is -1.12. The molecule has 1 saturated carbocycles. The Kier molecular flexibility index (Phi) is 3.75. The van der Waals surface area contributed by atoms with E-state index in [9.17, 15) is 4.39 Å². The Labute approximate surface area is 96.5 Å². The maximum absolute atomic E-state index is 13.1. The summed E-state index contributed by atoms with van der Waals surface area (Å²) in [5.41, 5.74) is 0. The monoisotopic (exact) mass is 222 g/mol. The highest BCUT2D eigenvalue weighted by atomic mass is 19.1. The SMILES string of the molecule is CCN(c1cccc(F)n1)C1CCCCC1. The van der Waals surface area contributed by atoms with Gasteiger partial charge in [-0.1, -0.05) is 25.3 Å². The van der Waals surface area contributed by atoms with E-state index in [0.717, 1.165) is 12.4 Å². The molecular weight excluding hydrogens is 203 g/mol. The van der Waals surface area contributed by atoms with Crippen molar-refractivity contribution in [2.45, 2.75) is 45.1 Å². The largest absolute Gasteiger partial charge is 0.354 e. The van der Waals surface area contributed by atoms with Crippen molar-refractivity contribution in [3.05, 3.63) is 24.1 Å². The number of rotatable bonds is 3. The van der Waals surface area contributed by atoms with Gasteiger partial charge in [-0.15, -0.1) is 0 Å². The molecule has 1 aliphatic carbocycles. The van der Waals surface area contributed by atoms with Crippen molar-refractivity contribution in [3.63, 3.8) is 0 Å². The fourth-order valence-electron chi connectivity index (χ4n) is 2.56. The summed E-state index contributed by atoms with van der Waals surface area (Å²) in [5.74, 6) is 0.404. The molecular formula is C13H19FN2. The zero-order valence-corrected chi connectivity index (χ0v) is 9.82. The smallest absolute Gasteiger partial charge is 0.214 e. The molecule has 1 aromatic rings. The Bertz CT molecular complexity index is 334. The summed E-state index contributed by atoms with van der Waals surface area (Å²) >= 11 is 0. The van der Waals surface area contributed by atoms with Crippen LogP contribution in [0, 0.1) is 5.95 Å². The van der Waals surface area contributed by atoms with Crippen molar-refractivity contribution in [1.82, 2.24) is 4.98 Å². The minimum absolute atomic E-state index is 0.383. The van der Waals surface area contributed by atoms with Crippen LogP contribution < -0.4 is 4.90 Å². The lowest BCUT2D eigenvalue weighted by atomic mass is 9.94. The molecule has 3 heteroatoms. The number of nitrogens with zero attached hydrogens (tertiary/aromatic N) is 2. The Morgan fingerprint density at radius 3 is 2.69 bits per heavy atom. The van der Waals surface area contributed by atoms with Gasteiger partial charge in [0.1, 0.15) is 5.82 Å². The molecule has 2 rings (SSSR count). The highest BCUT2D eigenvalue weighted by molar-refractivity contribution is 5.39. The summed E-state index contributed by atoms with van der Waals surface area (Å²) in [6, 6.07) is 5.59. The lowest BCUT2D eigenvalue weighted by molar-refractivity contribution is 0.415. The van der Waals surface area contributed by atoms with Gasteiger partial charge in [0.2, 0.25) is 5.95 Å². The summed E-state index contributed by atoms with van der Waals surface area (Å²) in [6.07, 6.45) is 6.34. The summed E-state index contributed by atoms with van der Waals surface area (Å²) in [5, 5.41) is 0. The van der Waals surface area contributed by atoms with E-state index < -0.39 is 0 Å². The van der Waals surface area contributed by atoms with Crippen molar-refractivity contribution in [2.75, 3.05) is 11.4 Å². The second-order valence-electron chi connectivity index (χ2n) is 4.40. The predicted octanol–water partition coefficient (Wildman–Crippen LogP) is 3.38. The maximum Gasteiger partial charge on any atom is 0.214 e. The number of pyridine rings is 1. The molecule has 0 atom stereocenters. The van der Waals surface area contributed by atoms with Crippen LogP contribution in [0.3, 0.4) is 0 Å². The molecule has 2 nitrogen and oxygen atoms in total. The molecule has 0 spiro atoms. The lowest BCUT2D eigenvalue weighted by Gasteiger charge is -2.34. The first kappa shape index (κ1) is 11.4. The molecule has 0 aromatic carbocycles. The Balaban J connectivity index is 2.14. The number of anilines is 1. The second-order valence-corrected chi connectivity index (χ2v) is 4.40. The van der Waals surface area contributed by atoms with Crippen LogP contribution in [0.4, 0.5) is 10.2 Å². The van der Waals surface area contributed by atoms with Crippen LogP contribution in [0.1, 0.15) is 39.0 Å². The van der Waals surface area contributed by atoms with Crippen molar-refractivity contribution in [1.29, 1.82) is 0 Å². The first-order valence-electron chi connectivity index (χ1n) is 6.20. The Morgan fingerprint density at radius 1 is 1.31 bits per heavy atom. The Morgan fingerprint density at radius 2 is 2.06 bits per heavy atom. The molecule has 1 aliphatic rings. The number of hydrogen-bond acceptors (Lipinski definition) is 2. The van der Waals surface area contributed by atoms with Crippen LogP contribution in [-0.4, -0.2) is 17.6 Å².